The minimum Gasteiger partial charge on any atom is -0.497 e. The number of carbonyl (C=O) groups excluding carboxylic acids is 3. The molecule has 7 heteroatoms. The number of ether oxygens (including phenoxy) is 4. The van der Waals surface area contributed by atoms with Gasteiger partial charge in [-0.3, -0.25) is 4.79 Å². The summed E-state index contributed by atoms with van der Waals surface area (Å²) < 4.78 is 22.6. The molecule has 5 atom stereocenters. The highest BCUT2D eigenvalue weighted by atomic mass is 16.6. The monoisotopic (exact) mass is 520 g/mol. The van der Waals surface area contributed by atoms with Gasteiger partial charge >= 0.3 is 11.9 Å². The first-order valence-corrected chi connectivity index (χ1v) is 12.7. The molecule has 0 N–H and O–H groups in total. The van der Waals surface area contributed by atoms with Gasteiger partial charge < -0.3 is 23.7 Å². The Bertz CT molecular complexity index is 1110. The molecule has 202 valence electrons. The van der Waals surface area contributed by atoms with Gasteiger partial charge in [0.15, 0.2) is 0 Å². The molecule has 2 aromatic rings. The number of hydrogen-bond acceptors (Lipinski definition) is 7. The Hall–Kier alpha value is -3.71. The molecule has 7 nitrogen and oxygen atoms in total. The number of carbonyl (C=O) groups is 3. The fourth-order valence-electron chi connectivity index (χ4n) is 4.44. The predicted octanol–water partition coefficient (Wildman–Crippen LogP) is 5.49. The van der Waals surface area contributed by atoms with E-state index < -0.39 is 24.1 Å². The lowest BCUT2D eigenvalue weighted by Crippen LogP contribution is -2.46. The van der Waals surface area contributed by atoms with Crippen molar-refractivity contribution in [1.82, 2.24) is 0 Å². The Morgan fingerprint density at radius 2 is 1.71 bits per heavy atom. The highest BCUT2D eigenvalue weighted by Crippen LogP contribution is 2.40. The predicted molar refractivity (Wildman–Crippen MR) is 144 cm³/mol. The Labute approximate surface area is 224 Å². The van der Waals surface area contributed by atoms with E-state index in [1.54, 1.807) is 37.5 Å². The molecule has 1 aliphatic carbocycles. The number of methoxy groups -OCH3 is 1. The molecule has 0 amide bonds. The standard InChI is InChI=1S/C31H36O7/c1-21(2)16-27(36-20-23-10-12-26(35-4)13-11-23)14-15-28(37-22(3)33)18-29-25(19-32)17-30(29)38-31(34)24-8-6-5-7-9-24/h5-15,19,25,27-30H,1,16-18,20H2,2-4H3/b15-14+/t25-,27-,28?,29-,30+/m1/s1. The van der Waals surface area contributed by atoms with Crippen LogP contribution in [0.1, 0.15) is 49.0 Å². The summed E-state index contributed by atoms with van der Waals surface area (Å²) in [4.78, 5) is 36.1. The number of rotatable bonds is 14. The minimum atomic E-state index is -0.601. The summed E-state index contributed by atoms with van der Waals surface area (Å²) in [5.74, 6) is -0.622. The van der Waals surface area contributed by atoms with Crippen LogP contribution in [0.3, 0.4) is 0 Å². The van der Waals surface area contributed by atoms with Gasteiger partial charge in [0.2, 0.25) is 0 Å². The third-order valence-corrected chi connectivity index (χ3v) is 6.51. The average molecular weight is 521 g/mol. The molecule has 0 aliphatic heterocycles. The van der Waals surface area contributed by atoms with Crippen molar-refractivity contribution in [2.75, 3.05) is 7.11 Å². The molecule has 1 unspecified atom stereocenters. The fourth-order valence-corrected chi connectivity index (χ4v) is 4.44. The molecule has 1 aliphatic rings. The Balaban J connectivity index is 1.67. The van der Waals surface area contributed by atoms with Gasteiger partial charge in [0.1, 0.15) is 24.2 Å². The number of benzene rings is 2. The third-order valence-electron chi connectivity index (χ3n) is 6.51. The highest BCUT2D eigenvalue weighted by Gasteiger charge is 2.44. The van der Waals surface area contributed by atoms with E-state index >= 15 is 0 Å². The van der Waals surface area contributed by atoms with Crippen LogP contribution in [0.15, 0.2) is 78.9 Å². The number of esters is 2. The van der Waals surface area contributed by atoms with E-state index in [1.807, 2.05) is 43.3 Å². The first kappa shape index (κ1) is 28.9. The van der Waals surface area contributed by atoms with Gasteiger partial charge in [-0.25, -0.2) is 4.79 Å². The van der Waals surface area contributed by atoms with Crippen LogP contribution in [0, 0.1) is 11.8 Å². The lowest BCUT2D eigenvalue weighted by Gasteiger charge is -2.42. The van der Waals surface area contributed by atoms with Gasteiger partial charge in [0.25, 0.3) is 0 Å². The van der Waals surface area contributed by atoms with E-state index in [0.29, 0.717) is 31.4 Å². The van der Waals surface area contributed by atoms with Gasteiger partial charge in [-0.05, 0) is 62.1 Å². The van der Waals surface area contributed by atoms with Gasteiger partial charge in [-0.2, -0.15) is 0 Å². The Kier molecular flexibility index (Phi) is 10.8. The zero-order valence-corrected chi connectivity index (χ0v) is 22.2. The van der Waals surface area contributed by atoms with E-state index in [-0.39, 0.29) is 17.9 Å². The van der Waals surface area contributed by atoms with E-state index in [9.17, 15) is 14.4 Å². The highest BCUT2D eigenvalue weighted by molar-refractivity contribution is 5.89. The van der Waals surface area contributed by atoms with Crippen LogP contribution in [0.25, 0.3) is 0 Å². The van der Waals surface area contributed by atoms with E-state index in [4.69, 9.17) is 18.9 Å². The van der Waals surface area contributed by atoms with Gasteiger partial charge in [-0.1, -0.05) is 42.0 Å². The van der Waals surface area contributed by atoms with Crippen LogP contribution in [0.5, 0.6) is 5.75 Å². The molecule has 0 heterocycles. The Morgan fingerprint density at radius 1 is 1.03 bits per heavy atom. The summed E-state index contributed by atoms with van der Waals surface area (Å²) in [6, 6.07) is 16.4. The van der Waals surface area contributed by atoms with Crippen molar-refractivity contribution in [3.63, 3.8) is 0 Å². The van der Waals surface area contributed by atoms with Crippen molar-refractivity contribution in [2.45, 2.75) is 58.0 Å². The molecule has 0 spiro atoms. The average Bonchev–Trinajstić information content (AvgIpc) is 2.90. The number of aldehydes is 1. The molecule has 3 rings (SSSR count). The molecule has 38 heavy (non-hydrogen) atoms. The maximum Gasteiger partial charge on any atom is 0.338 e. The lowest BCUT2D eigenvalue weighted by atomic mass is 9.69. The topological polar surface area (TPSA) is 88.1 Å². The maximum absolute atomic E-state index is 12.6. The fraction of sp³-hybridized carbons (Fsp3) is 0.387. The van der Waals surface area contributed by atoms with Crippen molar-refractivity contribution >= 4 is 18.2 Å². The van der Waals surface area contributed by atoms with Gasteiger partial charge in [0.05, 0.1) is 25.4 Å². The van der Waals surface area contributed by atoms with Crippen molar-refractivity contribution < 1.29 is 33.3 Å². The first-order valence-electron chi connectivity index (χ1n) is 12.7. The van der Waals surface area contributed by atoms with Crippen molar-refractivity contribution in [3.05, 3.63) is 90.0 Å². The van der Waals surface area contributed by atoms with Crippen LogP contribution >= 0.6 is 0 Å². The van der Waals surface area contributed by atoms with Gasteiger partial charge in [0, 0.05) is 18.8 Å². The van der Waals surface area contributed by atoms with Crippen molar-refractivity contribution in [2.24, 2.45) is 11.8 Å². The maximum atomic E-state index is 12.6. The minimum absolute atomic E-state index is 0.256. The largest absolute Gasteiger partial charge is 0.497 e. The van der Waals surface area contributed by atoms with Crippen LogP contribution in [0.4, 0.5) is 0 Å². The van der Waals surface area contributed by atoms with Gasteiger partial charge in [-0.15, -0.1) is 6.58 Å². The van der Waals surface area contributed by atoms with Crippen LogP contribution in [-0.2, 0) is 30.4 Å². The zero-order valence-electron chi connectivity index (χ0n) is 22.2. The molecule has 0 radical (unpaired) electrons. The molecule has 2 aromatic carbocycles. The van der Waals surface area contributed by atoms with Crippen LogP contribution in [-0.4, -0.2) is 43.6 Å². The second-order valence-electron chi connectivity index (χ2n) is 9.64. The summed E-state index contributed by atoms with van der Waals surface area (Å²) in [5, 5.41) is 0. The number of hydrogen-bond donors (Lipinski definition) is 0. The molecule has 0 saturated heterocycles. The molecule has 0 bridgehead atoms. The zero-order chi connectivity index (χ0) is 27.5. The molecule has 1 saturated carbocycles. The molecule has 0 aromatic heterocycles. The Morgan fingerprint density at radius 3 is 2.32 bits per heavy atom. The smallest absolute Gasteiger partial charge is 0.338 e. The van der Waals surface area contributed by atoms with E-state index in [0.717, 1.165) is 23.2 Å². The van der Waals surface area contributed by atoms with E-state index in [2.05, 4.69) is 6.58 Å². The normalized spacial score (nSPS) is 20.1. The second kappa shape index (κ2) is 14.3. The van der Waals surface area contributed by atoms with Crippen LogP contribution < -0.4 is 4.74 Å². The van der Waals surface area contributed by atoms with Crippen molar-refractivity contribution in [3.8, 4) is 5.75 Å². The van der Waals surface area contributed by atoms with Crippen LogP contribution in [0.2, 0.25) is 0 Å². The summed E-state index contributed by atoms with van der Waals surface area (Å²) in [6.45, 7) is 7.66. The van der Waals surface area contributed by atoms with E-state index in [1.165, 1.54) is 6.92 Å². The second-order valence-corrected chi connectivity index (χ2v) is 9.64. The summed E-state index contributed by atoms with van der Waals surface area (Å²) in [6.07, 6.45) is 4.62. The lowest BCUT2D eigenvalue weighted by molar-refractivity contribution is -0.147. The summed E-state index contributed by atoms with van der Waals surface area (Å²) in [5.41, 5.74) is 2.40. The quantitative estimate of drug-likeness (QED) is 0.185. The summed E-state index contributed by atoms with van der Waals surface area (Å²) >= 11 is 0. The molecular formula is C31H36O7. The summed E-state index contributed by atoms with van der Waals surface area (Å²) in [7, 11) is 1.62. The first-order chi connectivity index (χ1) is 18.3. The molecule has 1 fully saturated rings. The van der Waals surface area contributed by atoms with Crippen molar-refractivity contribution in [1.29, 1.82) is 0 Å². The molecular weight excluding hydrogens is 484 g/mol. The SMILES string of the molecule is C=C(C)C[C@@H](/C=C/C(C[C@H]1[C@@H](OC(=O)c2ccccc2)C[C@@H]1C=O)OC(C)=O)OCc1ccc(OC)cc1. The third kappa shape index (κ3) is 8.70.